The van der Waals surface area contributed by atoms with Crippen LogP contribution in [0.2, 0.25) is 0 Å². The molecule has 0 spiro atoms. The lowest BCUT2D eigenvalue weighted by Crippen LogP contribution is -2.14. The summed E-state index contributed by atoms with van der Waals surface area (Å²) in [4.78, 5) is 27.3. The monoisotopic (exact) mass is 276 g/mol. The number of anilines is 1. The van der Waals surface area contributed by atoms with E-state index in [2.05, 4.69) is 15.0 Å². The number of nitrogens with one attached hydrogen (secondary N) is 1. The molecule has 1 heterocycles. The van der Waals surface area contributed by atoms with Crippen LogP contribution < -0.4 is 5.32 Å². The molecule has 0 bridgehead atoms. The van der Waals surface area contributed by atoms with Crippen LogP contribution in [-0.4, -0.2) is 24.0 Å². The van der Waals surface area contributed by atoms with Crippen molar-refractivity contribution in [3.63, 3.8) is 0 Å². The first kappa shape index (κ1) is 13.2. The number of amides is 1. The second-order valence-electron chi connectivity index (χ2n) is 3.85. The van der Waals surface area contributed by atoms with E-state index < -0.39 is 5.97 Å². The number of benzene rings is 1. The molecule has 6 heteroatoms. The van der Waals surface area contributed by atoms with Gasteiger partial charge in [-0.05, 0) is 24.6 Å². The van der Waals surface area contributed by atoms with Crippen LogP contribution in [0.3, 0.4) is 0 Å². The van der Waals surface area contributed by atoms with Gasteiger partial charge in [-0.2, -0.15) is 0 Å². The van der Waals surface area contributed by atoms with Crippen LogP contribution in [0.5, 0.6) is 0 Å². The number of hydrogen-bond acceptors (Lipinski definition) is 5. The Bertz CT molecular complexity index is 608. The molecule has 2 aromatic rings. The maximum atomic E-state index is 11.9. The second kappa shape index (κ2) is 5.62. The molecule has 0 fully saturated rings. The SMILES string of the molecule is COC(=O)c1ccc(C)c(NC(=O)c2cscn2)c1. The topological polar surface area (TPSA) is 68.3 Å². The van der Waals surface area contributed by atoms with Crippen molar-refractivity contribution in [2.24, 2.45) is 0 Å². The highest BCUT2D eigenvalue weighted by atomic mass is 32.1. The largest absolute Gasteiger partial charge is 0.465 e. The first-order chi connectivity index (χ1) is 9.11. The number of methoxy groups -OCH3 is 1. The average Bonchev–Trinajstić information content (AvgIpc) is 2.94. The van der Waals surface area contributed by atoms with Gasteiger partial charge in [0.25, 0.3) is 5.91 Å². The molecule has 2 rings (SSSR count). The number of esters is 1. The quantitative estimate of drug-likeness (QED) is 0.874. The van der Waals surface area contributed by atoms with E-state index in [1.54, 1.807) is 29.1 Å². The highest BCUT2D eigenvalue weighted by molar-refractivity contribution is 7.07. The summed E-state index contributed by atoms with van der Waals surface area (Å²) in [6.45, 7) is 1.84. The van der Waals surface area contributed by atoms with Crippen molar-refractivity contribution in [3.05, 3.63) is 45.9 Å². The molecule has 0 aliphatic rings. The minimum atomic E-state index is -0.441. The second-order valence-corrected chi connectivity index (χ2v) is 4.57. The fourth-order valence-electron chi connectivity index (χ4n) is 1.51. The van der Waals surface area contributed by atoms with E-state index >= 15 is 0 Å². The lowest BCUT2D eigenvalue weighted by atomic mass is 10.1. The maximum absolute atomic E-state index is 11.9. The van der Waals surface area contributed by atoms with Crippen LogP contribution in [0.4, 0.5) is 5.69 Å². The molecule has 0 atom stereocenters. The summed E-state index contributed by atoms with van der Waals surface area (Å²) in [6.07, 6.45) is 0. The van der Waals surface area contributed by atoms with Gasteiger partial charge in [0.2, 0.25) is 0 Å². The molecule has 0 aliphatic carbocycles. The average molecular weight is 276 g/mol. The van der Waals surface area contributed by atoms with Gasteiger partial charge in [0.15, 0.2) is 0 Å². The number of nitrogens with zero attached hydrogens (tertiary/aromatic N) is 1. The lowest BCUT2D eigenvalue weighted by molar-refractivity contribution is 0.0600. The lowest BCUT2D eigenvalue weighted by Gasteiger charge is -2.09. The van der Waals surface area contributed by atoms with Crippen molar-refractivity contribution in [2.45, 2.75) is 6.92 Å². The Morgan fingerprint density at radius 3 is 2.79 bits per heavy atom. The summed E-state index contributed by atoms with van der Waals surface area (Å²) < 4.78 is 4.65. The summed E-state index contributed by atoms with van der Waals surface area (Å²) in [5, 5.41) is 4.39. The molecule has 0 aliphatic heterocycles. The van der Waals surface area contributed by atoms with Gasteiger partial charge < -0.3 is 10.1 Å². The van der Waals surface area contributed by atoms with Crippen molar-refractivity contribution in [1.29, 1.82) is 0 Å². The summed E-state index contributed by atoms with van der Waals surface area (Å²) >= 11 is 1.35. The standard InChI is InChI=1S/C13H12N2O3S/c1-8-3-4-9(13(17)18-2)5-10(8)15-12(16)11-6-19-7-14-11/h3-7H,1-2H3,(H,15,16). The van der Waals surface area contributed by atoms with Gasteiger partial charge >= 0.3 is 5.97 Å². The Hall–Kier alpha value is -2.21. The number of aryl methyl sites for hydroxylation is 1. The zero-order valence-electron chi connectivity index (χ0n) is 10.5. The number of carbonyl (C=O) groups is 2. The van der Waals surface area contributed by atoms with Crippen LogP contribution >= 0.6 is 11.3 Å². The molecular weight excluding hydrogens is 264 g/mol. The molecule has 0 radical (unpaired) electrons. The van der Waals surface area contributed by atoms with Crippen LogP contribution in [0, 0.1) is 6.92 Å². The summed E-state index contributed by atoms with van der Waals surface area (Å²) in [6, 6.07) is 4.99. The van der Waals surface area contributed by atoms with E-state index in [0.29, 0.717) is 16.9 Å². The van der Waals surface area contributed by atoms with Crippen molar-refractivity contribution in [3.8, 4) is 0 Å². The molecule has 1 aromatic heterocycles. The van der Waals surface area contributed by atoms with Gasteiger partial charge in [-0.3, -0.25) is 4.79 Å². The summed E-state index contributed by atoms with van der Waals surface area (Å²) in [5.74, 6) is -0.740. The fourth-order valence-corrected chi connectivity index (χ4v) is 2.04. The Morgan fingerprint density at radius 1 is 1.37 bits per heavy atom. The predicted octanol–water partition coefficient (Wildman–Crippen LogP) is 2.49. The molecule has 1 N–H and O–H groups in total. The summed E-state index contributed by atoms with van der Waals surface area (Å²) in [5.41, 5.74) is 3.76. The third-order valence-corrected chi connectivity index (χ3v) is 3.16. The van der Waals surface area contributed by atoms with Crippen LogP contribution in [0.1, 0.15) is 26.4 Å². The molecule has 5 nitrogen and oxygen atoms in total. The normalized spacial score (nSPS) is 10.0. The van der Waals surface area contributed by atoms with Crippen molar-refractivity contribution < 1.29 is 14.3 Å². The molecule has 1 amide bonds. The van der Waals surface area contributed by atoms with E-state index in [1.165, 1.54) is 18.4 Å². The van der Waals surface area contributed by atoms with Crippen LogP contribution in [0.15, 0.2) is 29.1 Å². The first-order valence-corrected chi connectivity index (χ1v) is 6.44. The van der Waals surface area contributed by atoms with Gasteiger partial charge in [0.05, 0.1) is 18.2 Å². The minimum Gasteiger partial charge on any atom is -0.465 e. The van der Waals surface area contributed by atoms with Crippen molar-refractivity contribution in [2.75, 3.05) is 12.4 Å². The van der Waals surface area contributed by atoms with E-state index in [4.69, 9.17) is 0 Å². The third-order valence-electron chi connectivity index (χ3n) is 2.57. The van der Waals surface area contributed by atoms with Gasteiger partial charge in [-0.25, -0.2) is 9.78 Å². The minimum absolute atomic E-state index is 0.300. The number of thiazole rings is 1. The van der Waals surface area contributed by atoms with Gasteiger partial charge in [0, 0.05) is 11.1 Å². The Kier molecular flexibility index (Phi) is 3.91. The van der Waals surface area contributed by atoms with Crippen molar-refractivity contribution >= 4 is 28.9 Å². The highest BCUT2D eigenvalue weighted by Crippen LogP contribution is 2.18. The first-order valence-electron chi connectivity index (χ1n) is 5.50. The van der Waals surface area contributed by atoms with E-state index in [9.17, 15) is 9.59 Å². The van der Waals surface area contributed by atoms with Crippen molar-refractivity contribution in [1.82, 2.24) is 4.98 Å². The number of carbonyl (C=O) groups excluding carboxylic acids is 2. The van der Waals surface area contributed by atoms with Gasteiger partial charge in [0.1, 0.15) is 5.69 Å². The van der Waals surface area contributed by atoms with Gasteiger partial charge in [-0.1, -0.05) is 6.07 Å². The molecule has 0 saturated heterocycles. The zero-order valence-corrected chi connectivity index (χ0v) is 11.3. The molecule has 0 saturated carbocycles. The molecule has 98 valence electrons. The number of ether oxygens (including phenoxy) is 1. The Morgan fingerprint density at radius 2 is 2.16 bits per heavy atom. The van der Waals surface area contributed by atoms with E-state index in [-0.39, 0.29) is 5.91 Å². The smallest absolute Gasteiger partial charge is 0.337 e. The van der Waals surface area contributed by atoms with Gasteiger partial charge in [-0.15, -0.1) is 11.3 Å². The number of aromatic nitrogens is 1. The van der Waals surface area contributed by atoms with E-state index in [0.717, 1.165) is 5.56 Å². The fraction of sp³-hybridized carbons (Fsp3) is 0.154. The highest BCUT2D eigenvalue weighted by Gasteiger charge is 2.12. The van der Waals surface area contributed by atoms with E-state index in [1.807, 2.05) is 6.92 Å². The predicted molar refractivity (Wildman–Crippen MR) is 72.6 cm³/mol. The number of hydrogen-bond donors (Lipinski definition) is 1. The summed E-state index contributed by atoms with van der Waals surface area (Å²) in [7, 11) is 1.32. The third kappa shape index (κ3) is 2.97. The zero-order chi connectivity index (χ0) is 13.8. The molecule has 19 heavy (non-hydrogen) atoms. The molecular formula is C13H12N2O3S. The Balaban J connectivity index is 2.24. The molecule has 0 unspecified atom stereocenters. The Labute approximate surface area is 114 Å². The maximum Gasteiger partial charge on any atom is 0.337 e. The van der Waals surface area contributed by atoms with Crippen LogP contribution in [0.25, 0.3) is 0 Å². The van der Waals surface area contributed by atoms with Crippen LogP contribution in [-0.2, 0) is 4.74 Å². The number of rotatable bonds is 3. The molecule has 1 aromatic carbocycles.